The van der Waals surface area contributed by atoms with Crippen molar-refractivity contribution in [3.8, 4) is 16.9 Å². The van der Waals surface area contributed by atoms with E-state index in [4.69, 9.17) is 39.8 Å². The van der Waals surface area contributed by atoms with E-state index in [1.54, 1.807) is 47.2 Å². The summed E-state index contributed by atoms with van der Waals surface area (Å²) in [5.74, 6) is 0. The normalized spacial score (nSPS) is 11.1. The van der Waals surface area contributed by atoms with E-state index in [0.29, 0.717) is 31.7 Å². The van der Waals surface area contributed by atoms with E-state index in [9.17, 15) is 4.79 Å². The second-order valence-electron chi connectivity index (χ2n) is 5.45. The highest BCUT2D eigenvalue weighted by molar-refractivity contribution is 7.71. The number of nitrogens with one attached hydrogen (secondary N) is 1. The average molecular weight is 389 g/mol. The zero-order valence-corrected chi connectivity index (χ0v) is 15.0. The van der Waals surface area contributed by atoms with Crippen molar-refractivity contribution >= 4 is 46.4 Å². The zero-order chi connectivity index (χ0) is 17.6. The number of H-pyrrole nitrogens is 1. The summed E-state index contributed by atoms with van der Waals surface area (Å²) in [5.41, 5.74) is 1.82. The second kappa shape index (κ2) is 6.19. The Hall–Kier alpha value is -2.34. The van der Waals surface area contributed by atoms with Crippen LogP contribution in [-0.4, -0.2) is 9.55 Å². The molecular formula is C18H10Cl2N2O2S. The third-order valence-electron chi connectivity index (χ3n) is 3.81. The quantitative estimate of drug-likeness (QED) is 0.358. The molecule has 0 bridgehead atoms. The van der Waals surface area contributed by atoms with Crippen LogP contribution in [0.2, 0.25) is 10.0 Å². The molecule has 2 heterocycles. The lowest BCUT2D eigenvalue weighted by Gasteiger charge is -2.02. The minimum Gasteiger partial charge on any atom is -0.422 e. The predicted octanol–water partition coefficient (Wildman–Crippen LogP) is 5.62. The summed E-state index contributed by atoms with van der Waals surface area (Å²) in [6.07, 6.45) is 1.76. The van der Waals surface area contributed by atoms with Crippen LogP contribution in [0.4, 0.5) is 0 Å². The van der Waals surface area contributed by atoms with Crippen LogP contribution < -0.4 is 5.63 Å². The van der Waals surface area contributed by atoms with Gasteiger partial charge < -0.3 is 9.40 Å². The number of rotatable bonds is 2. The maximum atomic E-state index is 12.3. The fourth-order valence-electron chi connectivity index (χ4n) is 2.61. The monoisotopic (exact) mass is 388 g/mol. The lowest BCUT2D eigenvalue weighted by atomic mass is 10.1. The first-order valence-electron chi connectivity index (χ1n) is 7.33. The molecule has 2 aromatic carbocycles. The summed E-state index contributed by atoms with van der Waals surface area (Å²) >= 11 is 17.3. The minimum absolute atomic E-state index is 0.383. The van der Waals surface area contributed by atoms with Crippen molar-refractivity contribution in [3.63, 3.8) is 0 Å². The van der Waals surface area contributed by atoms with Crippen LogP contribution in [0.15, 0.2) is 63.9 Å². The number of hydrogen-bond donors (Lipinski definition) is 1. The molecule has 0 fully saturated rings. The number of halogens is 2. The summed E-state index contributed by atoms with van der Waals surface area (Å²) in [4.78, 5) is 15.4. The number of fused-ring (bicyclic) bond motifs is 1. The molecule has 4 rings (SSSR count). The molecule has 4 nitrogen and oxygen atoms in total. The Morgan fingerprint density at radius 1 is 1.00 bits per heavy atom. The van der Waals surface area contributed by atoms with Crippen molar-refractivity contribution in [1.82, 2.24) is 9.55 Å². The van der Waals surface area contributed by atoms with Crippen molar-refractivity contribution in [3.05, 3.63) is 80.0 Å². The summed E-state index contributed by atoms with van der Waals surface area (Å²) in [5, 5.41) is 1.94. The number of hydrogen-bond acceptors (Lipinski definition) is 3. The first-order chi connectivity index (χ1) is 12.0. The molecular weight excluding hydrogens is 379 g/mol. The van der Waals surface area contributed by atoms with Gasteiger partial charge in [-0.3, -0.25) is 4.57 Å². The first kappa shape index (κ1) is 16.1. The van der Waals surface area contributed by atoms with Crippen molar-refractivity contribution < 1.29 is 4.42 Å². The Labute approximate surface area is 157 Å². The Bertz CT molecular complexity index is 1210. The van der Waals surface area contributed by atoms with E-state index < -0.39 is 5.63 Å². The van der Waals surface area contributed by atoms with Gasteiger partial charge in [-0.2, -0.15) is 0 Å². The molecule has 0 spiro atoms. The van der Waals surface area contributed by atoms with Gasteiger partial charge in [0.25, 0.3) is 0 Å². The van der Waals surface area contributed by atoms with E-state index in [1.807, 2.05) is 12.1 Å². The van der Waals surface area contributed by atoms with Crippen molar-refractivity contribution in [2.45, 2.75) is 0 Å². The van der Waals surface area contributed by atoms with Gasteiger partial charge in [-0.05, 0) is 60.7 Å². The predicted molar refractivity (Wildman–Crippen MR) is 102 cm³/mol. The van der Waals surface area contributed by atoms with Crippen LogP contribution in [-0.2, 0) is 0 Å². The standard InChI is InChI=1S/C18H10Cl2N2O2S/c19-11-1-4-13(5-2-11)22-9-15(21-18(22)25)14-8-10-7-12(20)3-6-16(10)24-17(14)23/h1-9H,(H,21,25). The molecule has 0 aliphatic heterocycles. The van der Waals surface area contributed by atoms with Gasteiger partial charge in [-0.15, -0.1) is 0 Å². The fraction of sp³-hybridized carbons (Fsp3) is 0. The van der Waals surface area contributed by atoms with E-state index >= 15 is 0 Å². The molecule has 0 aliphatic carbocycles. The molecule has 0 unspecified atom stereocenters. The average Bonchev–Trinajstić information content (AvgIpc) is 2.97. The first-order valence-corrected chi connectivity index (χ1v) is 8.49. The molecule has 4 aromatic rings. The number of aromatic nitrogens is 2. The Morgan fingerprint density at radius 2 is 1.72 bits per heavy atom. The van der Waals surface area contributed by atoms with Gasteiger partial charge in [0.2, 0.25) is 0 Å². The maximum Gasteiger partial charge on any atom is 0.345 e. The highest BCUT2D eigenvalue weighted by Gasteiger charge is 2.12. The van der Waals surface area contributed by atoms with E-state index in [1.165, 1.54) is 0 Å². The van der Waals surface area contributed by atoms with Crippen molar-refractivity contribution in [2.24, 2.45) is 0 Å². The Balaban J connectivity index is 1.88. The molecule has 0 aliphatic rings. The summed E-state index contributed by atoms with van der Waals surface area (Å²) in [6, 6.07) is 14.1. The minimum atomic E-state index is -0.450. The van der Waals surface area contributed by atoms with Gasteiger partial charge in [0.05, 0.1) is 11.3 Å². The van der Waals surface area contributed by atoms with Gasteiger partial charge in [0.15, 0.2) is 4.77 Å². The lowest BCUT2D eigenvalue weighted by Crippen LogP contribution is -2.02. The number of imidazole rings is 1. The molecule has 2 aromatic heterocycles. The Morgan fingerprint density at radius 3 is 2.48 bits per heavy atom. The van der Waals surface area contributed by atoms with Gasteiger partial charge in [-0.25, -0.2) is 4.79 Å². The van der Waals surface area contributed by atoms with Crippen LogP contribution in [0.1, 0.15) is 0 Å². The summed E-state index contributed by atoms with van der Waals surface area (Å²) in [7, 11) is 0. The smallest absolute Gasteiger partial charge is 0.345 e. The number of benzene rings is 2. The largest absolute Gasteiger partial charge is 0.422 e. The molecule has 0 amide bonds. The summed E-state index contributed by atoms with van der Waals surface area (Å²) in [6.45, 7) is 0. The van der Waals surface area contributed by atoms with Gasteiger partial charge in [-0.1, -0.05) is 23.2 Å². The molecule has 124 valence electrons. The van der Waals surface area contributed by atoms with Crippen LogP contribution in [0, 0.1) is 4.77 Å². The zero-order valence-electron chi connectivity index (χ0n) is 12.6. The van der Waals surface area contributed by atoms with Crippen LogP contribution in [0.5, 0.6) is 0 Å². The Kier molecular flexibility index (Phi) is 4.00. The third kappa shape index (κ3) is 3.02. The molecule has 0 radical (unpaired) electrons. The van der Waals surface area contributed by atoms with E-state index in [2.05, 4.69) is 4.98 Å². The van der Waals surface area contributed by atoms with E-state index in [-0.39, 0.29) is 0 Å². The molecule has 25 heavy (non-hydrogen) atoms. The van der Waals surface area contributed by atoms with Gasteiger partial charge in [0.1, 0.15) is 5.58 Å². The molecule has 0 atom stereocenters. The number of aromatic amines is 1. The molecule has 1 N–H and O–H groups in total. The second-order valence-corrected chi connectivity index (χ2v) is 6.71. The SMILES string of the molecule is O=c1oc2ccc(Cl)cc2cc1-c1cn(-c2ccc(Cl)cc2)c(=S)[nH]1. The van der Waals surface area contributed by atoms with E-state index in [0.717, 1.165) is 11.1 Å². The fourth-order valence-corrected chi connectivity index (χ4v) is 3.18. The van der Waals surface area contributed by atoms with Crippen molar-refractivity contribution in [1.29, 1.82) is 0 Å². The molecule has 7 heteroatoms. The third-order valence-corrected chi connectivity index (χ3v) is 4.59. The van der Waals surface area contributed by atoms with Gasteiger partial charge >= 0.3 is 5.63 Å². The van der Waals surface area contributed by atoms with Crippen LogP contribution in [0.25, 0.3) is 27.9 Å². The highest BCUT2D eigenvalue weighted by atomic mass is 35.5. The molecule has 0 saturated heterocycles. The van der Waals surface area contributed by atoms with Gasteiger partial charge in [0, 0.05) is 27.3 Å². The van der Waals surface area contributed by atoms with Crippen LogP contribution in [0.3, 0.4) is 0 Å². The lowest BCUT2D eigenvalue weighted by molar-refractivity contribution is 0.563. The topological polar surface area (TPSA) is 50.9 Å². The highest BCUT2D eigenvalue weighted by Crippen LogP contribution is 2.24. The molecule has 0 saturated carbocycles. The van der Waals surface area contributed by atoms with Crippen molar-refractivity contribution in [2.75, 3.05) is 0 Å². The number of nitrogens with zero attached hydrogens (tertiary/aromatic N) is 1. The van der Waals surface area contributed by atoms with Crippen LogP contribution >= 0.6 is 35.4 Å². The summed E-state index contributed by atoms with van der Waals surface area (Å²) < 4.78 is 7.61. The maximum absolute atomic E-state index is 12.3.